The van der Waals surface area contributed by atoms with E-state index >= 15 is 0 Å². The van der Waals surface area contributed by atoms with Crippen molar-refractivity contribution in [3.8, 4) is 11.8 Å². The van der Waals surface area contributed by atoms with E-state index in [0.29, 0.717) is 6.04 Å². The number of nitriles is 1. The van der Waals surface area contributed by atoms with Gasteiger partial charge in [0.1, 0.15) is 11.8 Å². The van der Waals surface area contributed by atoms with Gasteiger partial charge in [-0.3, -0.25) is 0 Å². The summed E-state index contributed by atoms with van der Waals surface area (Å²) in [5.41, 5.74) is 1.12. The van der Waals surface area contributed by atoms with E-state index in [1.807, 2.05) is 30.3 Å². The van der Waals surface area contributed by atoms with Crippen LogP contribution in [0.1, 0.15) is 19.4 Å². The number of nitrogens with zero attached hydrogens (tertiary/aromatic N) is 1. The highest BCUT2D eigenvalue weighted by Crippen LogP contribution is 2.12. The lowest BCUT2D eigenvalue weighted by Gasteiger charge is -2.04. The second-order valence-corrected chi connectivity index (χ2v) is 3.98. The minimum Gasteiger partial charge on any atom is -0.479 e. The molecule has 0 radical (unpaired) electrons. The average molecular weight is 230 g/mol. The van der Waals surface area contributed by atoms with Crippen molar-refractivity contribution in [1.29, 1.82) is 5.26 Å². The molecule has 0 heterocycles. The molecule has 1 N–H and O–H groups in total. The van der Waals surface area contributed by atoms with Gasteiger partial charge in [0.2, 0.25) is 0 Å². The molecule has 0 aromatic heterocycles. The maximum atomic E-state index is 8.38. The molecule has 0 bridgehead atoms. The van der Waals surface area contributed by atoms with Crippen LogP contribution in [0.4, 0.5) is 0 Å². The molecule has 1 aromatic carbocycles. The van der Waals surface area contributed by atoms with E-state index in [2.05, 4.69) is 31.3 Å². The molecule has 0 aliphatic heterocycles. The number of rotatable bonds is 6. The van der Waals surface area contributed by atoms with Crippen molar-refractivity contribution in [3.05, 3.63) is 35.9 Å². The second kappa shape index (κ2) is 7.48. The van der Waals surface area contributed by atoms with E-state index in [4.69, 9.17) is 10.00 Å². The third kappa shape index (κ3) is 5.74. The van der Waals surface area contributed by atoms with Crippen molar-refractivity contribution in [2.75, 3.05) is 13.2 Å². The van der Waals surface area contributed by atoms with Gasteiger partial charge in [0.05, 0.1) is 0 Å². The van der Waals surface area contributed by atoms with Crippen LogP contribution in [0.3, 0.4) is 0 Å². The largest absolute Gasteiger partial charge is 0.479 e. The summed E-state index contributed by atoms with van der Waals surface area (Å²) in [7, 11) is 0. The summed E-state index contributed by atoms with van der Waals surface area (Å²) in [6.07, 6.45) is 4.15. The third-order valence-corrected chi connectivity index (χ3v) is 2.14. The molecule has 1 rings (SSSR count). The fourth-order valence-corrected chi connectivity index (χ4v) is 1.29. The van der Waals surface area contributed by atoms with Crippen LogP contribution in [0.5, 0.6) is 5.75 Å². The van der Waals surface area contributed by atoms with Gasteiger partial charge in [0.15, 0.2) is 6.61 Å². The summed E-state index contributed by atoms with van der Waals surface area (Å²) in [4.78, 5) is 0. The van der Waals surface area contributed by atoms with E-state index in [1.165, 1.54) is 0 Å². The van der Waals surface area contributed by atoms with Crippen molar-refractivity contribution in [2.24, 2.45) is 0 Å². The zero-order chi connectivity index (χ0) is 12.5. The number of benzene rings is 1. The van der Waals surface area contributed by atoms with Crippen molar-refractivity contribution in [3.63, 3.8) is 0 Å². The molecule has 0 unspecified atom stereocenters. The van der Waals surface area contributed by atoms with Crippen LogP contribution in [0.25, 0.3) is 6.08 Å². The van der Waals surface area contributed by atoms with Crippen LogP contribution < -0.4 is 10.1 Å². The maximum absolute atomic E-state index is 8.38. The number of hydrogen-bond acceptors (Lipinski definition) is 3. The summed E-state index contributed by atoms with van der Waals surface area (Å²) in [5, 5.41) is 11.7. The Hall–Kier alpha value is -1.79. The number of nitrogens with one attached hydrogen (secondary N) is 1. The van der Waals surface area contributed by atoms with Gasteiger partial charge in [0.25, 0.3) is 0 Å². The van der Waals surface area contributed by atoms with Crippen LogP contribution in [0.2, 0.25) is 0 Å². The Balaban J connectivity index is 2.42. The Kier molecular flexibility index (Phi) is 5.84. The first-order valence-corrected chi connectivity index (χ1v) is 5.72. The summed E-state index contributed by atoms with van der Waals surface area (Å²) in [6.45, 7) is 5.20. The fraction of sp³-hybridized carbons (Fsp3) is 0.357. The Bertz CT molecular complexity index is 388. The molecular formula is C14H18N2O. The Labute approximate surface area is 103 Å². The molecule has 0 atom stereocenters. The number of hydrogen-bond donors (Lipinski definition) is 1. The van der Waals surface area contributed by atoms with Crippen LogP contribution in [0.15, 0.2) is 30.3 Å². The molecule has 0 saturated carbocycles. The molecule has 0 saturated heterocycles. The lowest BCUT2D eigenvalue weighted by Crippen LogP contribution is -2.22. The van der Waals surface area contributed by atoms with Gasteiger partial charge in [0, 0.05) is 12.6 Å². The molecule has 0 aliphatic rings. The first kappa shape index (κ1) is 13.3. The zero-order valence-corrected chi connectivity index (χ0v) is 10.3. The lowest BCUT2D eigenvalue weighted by atomic mass is 10.2. The predicted molar refractivity (Wildman–Crippen MR) is 69.7 cm³/mol. The lowest BCUT2D eigenvalue weighted by molar-refractivity contribution is 0.368. The maximum Gasteiger partial charge on any atom is 0.174 e. The molecule has 3 heteroatoms. The van der Waals surface area contributed by atoms with Crippen molar-refractivity contribution < 1.29 is 4.74 Å². The monoisotopic (exact) mass is 230 g/mol. The summed E-state index contributed by atoms with van der Waals surface area (Å²) >= 11 is 0. The molecule has 0 fully saturated rings. The van der Waals surface area contributed by atoms with Crippen LogP contribution in [-0.4, -0.2) is 19.2 Å². The highest BCUT2D eigenvalue weighted by Gasteiger charge is 1.92. The van der Waals surface area contributed by atoms with E-state index < -0.39 is 0 Å². The molecule has 1 aromatic rings. The van der Waals surface area contributed by atoms with Gasteiger partial charge >= 0.3 is 0 Å². The van der Waals surface area contributed by atoms with Crippen LogP contribution >= 0.6 is 0 Å². The number of ether oxygens (including phenoxy) is 1. The van der Waals surface area contributed by atoms with E-state index in [-0.39, 0.29) is 6.61 Å². The van der Waals surface area contributed by atoms with Gasteiger partial charge in [-0.2, -0.15) is 5.26 Å². The van der Waals surface area contributed by atoms with Gasteiger partial charge in [-0.15, -0.1) is 0 Å². The standard InChI is InChI=1S/C14H18N2O/c1-12(2)16-10-3-4-13-5-7-14(8-6-13)17-11-9-15/h3-8,12,16H,10-11H2,1-2H3. The highest BCUT2D eigenvalue weighted by molar-refractivity contribution is 5.50. The zero-order valence-electron chi connectivity index (χ0n) is 10.3. The topological polar surface area (TPSA) is 45.0 Å². The first-order valence-electron chi connectivity index (χ1n) is 5.72. The normalized spacial score (nSPS) is 10.7. The van der Waals surface area contributed by atoms with Gasteiger partial charge in [-0.25, -0.2) is 0 Å². The van der Waals surface area contributed by atoms with Gasteiger partial charge in [-0.05, 0) is 17.7 Å². The Morgan fingerprint density at radius 3 is 2.65 bits per heavy atom. The van der Waals surface area contributed by atoms with Crippen molar-refractivity contribution in [2.45, 2.75) is 19.9 Å². The molecule has 0 aliphatic carbocycles. The van der Waals surface area contributed by atoms with Crippen molar-refractivity contribution in [1.82, 2.24) is 5.32 Å². The Morgan fingerprint density at radius 1 is 1.35 bits per heavy atom. The molecule has 0 spiro atoms. The van der Waals surface area contributed by atoms with E-state index in [0.717, 1.165) is 17.9 Å². The summed E-state index contributed by atoms with van der Waals surface area (Å²) < 4.78 is 5.17. The SMILES string of the molecule is CC(C)NCC=Cc1ccc(OCC#N)cc1. The van der Waals surface area contributed by atoms with Gasteiger partial charge in [-0.1, -0.05) is 38.1 Å². The molecule has 0 amide bonds. The van der Waals surface area contributed by atoms with E-state index in [9.17, 15) is 0 Å². The molecule has 17 heavy (non-hydrogen) atoms. The quantitative estimate of drug-likeness (QED) is 0.817. The average Bonchev–Trinajstić information content (AvgIpc) is 2.33. The minimum absolute atomic E-state index is 0.0908. The van der Waals surface area contributed by atoms with Gasteiger partial charge < -0.3 is 10.1 Å². The van der Waals surface area contributed by atoms with Crippen LogP contribution in [0, 0.1) is 11.3 Å². The summed E-state index contributed by atoms with van der Waals surface area (Å²) in [5.74, 6) is 0.726. The summed E-state index contributed by atoms with van der Waals surface area (Å²) in [6, 6.07) is 10.1. The molecular weight excluding hydrogens is 212 g/mol. The highest BCUT2D eigenvalue weighted by atomic mass is 16.5. The molecule has 90 valence electrons. The third-order valence-electron chi connectivity index (χ3n) is 2.14. The smallest absolute Gasteiger partial charge is 0.174 e. The Morgan fingerprint density at radius 2 is 2.06 bits per heavy atom. The predicted octanol–water partition coefficient (Wildman–Crippen LogP) is 2.60. The minimum atomic E-state index is 0.0908. The molecule has 3 nitrogen and oxygen atoms in total. The van der Waals surface area contributed by atoms with E-state index in [1.54, 1.807) is 0 Å². The first-order chi connectivity index (χ1) is 8.22. The second-order valence-electron chi connectivity index (χ2n) is 3.98. The van der Waals surface area contributed by atoms with Crippen LogP contribution in [-0.2, 0) is 0 Å². The van der Waals surface area contributed by atoms with Crippen molar-refractivity contribution >= 4 is 6.08 Å². The fourth-order valence-electron chi connectivity index (χ4n) is 1.29.